The zero-order valence-corrected chi connectivity index (χ0v) is 17.1. The molecule has 0 heterocycles. The maximum absolute atomic E-state index is 12.4. The molecule has 0 rings (SSSR count). The van der Waals surface area contributed by atoms with Crippen LogP contribution in [0.25, 0.3) is 0 Å². The topological polar surface area (TPSA) is 116 Å². The molecule has 0 aliphatic heterocycles. The molecule has 27 heavy (non-hydrogen) atoms. The Labute approximate surface area is 160 Å². The molecule has 0 aliphatic rings. The molecular formula is C19H32O8. The van der Waals surface area contributed by atoms with Crippen LogP contribution in [0.1, 0.15) is 60.8 Å². The number of carbonyl (C=O) groups is 4. The molecule has 0 aromatic heterocycles. The highest BCUT2D eigenvalue weighted by Crippen LogP contribution is 2.37. The summed E-state index contributed by atoms with van der Waals surface area (Å²) in [5.74, 6) is -3.32. The van der Waals surface area contributed by atoms with Gasteiger partial charge >= 0.3 is 23.9 Å². The average Bonchev–Trinajstić information content (AvgIpc) is 2.57. The van der Waals surface area contributed by atoms with Crippen molar-refractivity contribution in [1.82, 2.24) is 0 Å². The molecule has 0 aliphatic carbocycles. The lowest BCUT2D eigenvalue weighted by Crippen LogP contribution is -2.37. The van der Waals surface area contributed by atoms with E-state index in [1.807, 2.05) is 0 Å². The monoisotopic (exact) mass is 388 g/mol. The summed E-state index contributed by atoms with van der Waals surface area (Å²) in [6.45, 7) is 9.51. The number of aliphatic carboxylic acids is 1. The van der Waals surface area contributed by atoms with Crippen molar-refractivity contribution in [3.8, 4) is 0 Å². The summed E-state index contributed by atoms with van der Waals surface area (Å²) in [4.78, 5) is 47.1. The first-order chi connectivity index (χ1) is 12.4. The molecule has 0 spiro atoms. The van der Waals surface area contributed by atoms with Gasteiger partial charge in [0.15, 0.2) is 0 Å². The minimum absolute atomic E-state index is 0.0502. The highest BCUT2D eigenvalue weighted by molar-refractivity contribution is 5.80. The molecule has 0 fully saturated rings. The second-order valence-electron chi connectivity index (χ2n) is 7.44. The predicted octanol–water partition coefficient (Wildman–Crippen LogP) is 2.58. The third-order valence-corrected chi connectivity index (χ3v) is 4.54. The second kappa shape index (κ2) is 10.9. The number of rotatable bonds is 12. The molecule has 156 valence electrons. The third-order valence-electron chi connectivity index (χ3n) is 4.54. The Morgan fingerprint density at radius 3 is 1.93 bits per heavy atom. The molecule has 0 aromatic carbocycles. The molecule has 0 aromatic rings. The Hall–Kier alpha value is -2.12. The minimum Gasteiger partial charge on any atom is -0.481 e. The fourth-order valence-electron chi connectivity index (χ4n) is 2.64. The van der Waals surface area contributed by atoms with E-state index in [1.165, 1.54) is 6.92 Å². The van der Waals surface area contributed by atoms with Gasteiger partial charge < -0.3 is 19.3 Å². The first-order valence-corrected chi connectivity index (χ1v) is 9.10. The Bertz CT molecular complexity index is 540. The Morgan fingerprint density at radius 1 is 0.926 bits per heavy atom. The zero-order valence-electron chi connectivity index (χ0n) is 17.1. The van der Waals surface area contributed by atoms with Crippen LogP contribution >= 0.6 is 0 Å². The Balaban J connectivity index is 5.16. The van der Waals surface area contributed by atoms with E-state index in [1.54, 1.807) is 34.6 Å². The van der Waals surface area contributed by atoms with E-state index < -0.39 is 40.6 Å². The molecule has 0 bridgehead atoms. The smallest absolute Gasteiger partial charge is 0.311 e. The van der Waals surface area contributed by atoms with Crippen LogP contribution in [0.3, 0.4) is 0 Å². The maximum Gasteiger partial charge on any atom is 0.311 e. The normalized spacial score (nSPS) is 14.6. The summed E-state index contributed by atoms with van der Waals surface area (Å²) in [5.41, 5.74) is -2.15. The van der Waals surface area contributed by atoms with Gasteiger partial charge in [-0.05, 0) is 47.0 Å². The molecule has 1 N–H and O–H groups in total. The van der Waals surface area contributed by atoms with Gasteiger partial charge in [0.25, 0.3) is 0 Å². The van der Waals surface area contributed by atoms with Crippen molar-refractivity contribution in [2.24, 2.45) is 16.7 Å². The molecule has 0 amide bonds. The number of hydrogen-bond donors (Lipinski definition) is 1. The first kappa shape index (κ1) is 24.9. The third kappa shape index (κ3) is 8.41. The van der Waals surface area contributed by atoms with Crippen LogP contribution in [-0.2, 0) is 33.4 Å². The number of ether oxygens (including phenoxy) is 3. The Morgan fingerprint density at radius 2 is 1.48 bits per heavy atom. The van der Waals surface area contributed by atoms with Gasteiger partial charge in [0, 0.05) is 6.92 Å². The summed E-state index contributed by atoms with van der Waals surface area (Å²) in [6.07, 6.45) is 0.481. The molecular weight excluding hydrogens is 356 g/mol. The van der Waals surface area contributed by atoms with E-state index in [4.69, 9.17) is 14.2 Å². The van der Waals surface area contributed by atoms with Gasteiger partial charge in [0.2, 0.25) is 0 Å². The van der Waals surface area contributed by atoms with Gasteiger partial charge in [0.05, 0.1) is 23.4 Å². The summed E-state index contributed by atoms with van der Waals surface area (Å²) in [6, 6.07) is 0. The lowest BCUT2D eigenvalue weighted by molar-refractivity contribution is -0.162. The highest BCUT2D eigenvalue weighted by atomic mass is 16.6. The first-order valence-electron chi connectivity index (χ1n) is 9.10. The van der Waals surface area contributed by atoms with E-state index in [0.29, 0.717) is 6.42 Å². The van der Waals surface area contributed by atoms with E-state index in [9.17, 15) is 24.3 Å². The summed E-state index contributed by atoms with van der Waals surface area (Å²) in [5, 5.41) is 9.50. The van der Waals surface area contributed by atoms with Gasteiger partial charge in [-0.1, -0.05) is 6.92 Å². The summed E-state index contributed by atoms with van der Waals surface area (Å²) in [7, 11) is 0. The van der Waals surface area contributed by atoms with Gasteiger partial charge in [-0.25, -0.2) is 0 Å². The lowest BCUT2D eigenvalue weighted by Gasteiger charge is -2.31. The quantitative estimate of drug-likeness (QED) is 0.308. The number of carboxylic acid groups (broad SMARTS) is 1. The van der Waals surface area contributed by atoms with Crippen molar-refractivity contribution in [3.63, 3.8) is 0 Å². The fourth-order valence-corrected chi connectivity index (χ4v) is 2.64. The second-order valence-corrected chi connectivity index (χ2v) is 7.44. The number of esters is 3. The molecule has 0 saturated heterocycles. The van der Waals surface area contributed by atoms with E-state index in [0.717, 1.165) is 0 Å². The summed E-state index contributed by atoms with van der Waals surface area (Å²) >= 11 is 0. The van der Waals surface area contributed by atoms with Crippen molar-refractivity contribution in [2.45, 2.75) is 60.8 Å². The van der Waals surface area contributed by atoms with Crippen molar-refractivity contribution in [2.75, 3.05) is 19.8 Å². The molecule has 2 unspecified atom stereocenters. The van der Waals surface area contributed by atoms with Crippen molar-refractivity contribution >= 4 is 23.9 Å². The Kier molecular flexibility index (Phi) is 10.0. The zero-order chi connectivity index (χ0) is 21.3. The van der Waals surface area contributed by atoms with Gasteiger partial charge in [-0.15, -0.1) is 0 Å². The minimum atomic E-state index is -1.10. The number of carbonyl (C=O) groups excluding carboxylic acids is 3. The standard InChI is InChI=1S/C19H32O8/c1-7-19(6,16(22)23)12-14(15(21)25-8-2)11-18(4,5)17(24)27-10-9-26-13(3)20/h14H,7-12H2,1-6H3,(H,22,23). The molecule has 0 radical (unpaired) electrons. The van der Waals surface area contributed by atoms with Crippen LogP contribution in [0.2, 0.25) is 0 Å². The fraction of sp³-hybridized carbons (Fsp3) is 0.789. The van der Waals surface area contributed by atoms with Gasteiger partial charge in [-0.2, -0.15) is 0 Å². The van der Waals surface area contributed by atoms with Crippen LogP contribution in [0.4, 0.5) is 0 Å². The maximum atomic E-state index is 12.4. The van der Waals surface area contributed by atoms with Crippen molar-refractivity contribution in [1.29, 1.82) is 0 Å². The van der Waals surface area contributed by atoms with Crippen LogP contribution in [0, 0.1) is 16.7 Å². The summed E-state index contributed by atoms with van der Waals surface area (Å²) < 4.78 is 14.9. The van der Waals surface area contributed by atoms with Gasteiger partial charge in [0.1, 0.15) is 13.2 Å². The molecule has 0 saturated carbocycles. The number of hydrogen-bond acceptors (Lipinski definition) is 7. The van der Waals surface area contributed by atoms with Crippen LogP contribution in [0.5, 0.6) is 0 Å². The average molecular weight is 388 g/mol. The van der Waals surface area contributed by atoms with E-state index in [-0.39, 0.29) is 32.7 Å². The van der Waals surface area contributed by atoms with Crippen LogP contribution in [-0.4, -0.2) is 48.8 Å². The van der Waals surface area contributed by atoms with E-state index in [2.05, 4.69) is 0 Å². The molecule has 2 atom stereocenters. The lowest BCUT2D eigenvalue weighted by atomic mass is 9.73. The molecule has 8 heteroatoms. The van der Waals surface area contributed by atoms with Crippen molar-refractivity contribution < 1.29 is 38.5 Å². The SMILES string of the molecule is CCOC(=O)C(CC(C)(C)C(=O)OCCOC(C)=O)CC(C)(CC)C(=O)O. The van der Waals surface area contributed by atoms with Crippen LogP contribution in [0.15, 0.2) is 0 Å². The highest BCUT2D eigenvalue weighted by Gasteiger charge is 2.41. The van der Waals surface area contributed by atoms with E-state index >= 15 is 0 Å². The van der Waals surface area contributed by atoms with Crippen LogP contribution < -0.4 is 0 Å². The number of carboxylic acids is 1. The van der Waals surface area contributed by atoms with Gasteiger partial charge in [-0.3, -0.25) is 19.2 Å². The van der Waals surface area contributed by atoms with Crippen molar-refractivity contribution in [3.05, 3.63) is 0 Å². The largest absolute Gasteiger partial charge is 0.481 e. The molecule has 8 nitrogen and oxygen atoms in total. The predicted molar refractivity (Wildman–Crippen MR) is 96.8 cm³/mol.